The van der Waals surface area contributed by atoms with E-state index in [9.17, 15) is 9.59 Å². The molecule has 0 aliphatic rings. The van der Waals surface area contributed by atoms with Gasteiger partial charge in [0.15, 0.2) is 0 Å². The summed E-state index contributed by atoms with van der Waals surface area (Å²) in [6, 6.07) is 1.54. The second kappa shape index (κ2) is 5.08. The number of nitrogens with two attached hydrogens (primary N) is 1. The van der Waals surface area contributed by atoms with E-state index in [1.54, 1.807) is 13.8 Å². The van der Waals surface area contributed by atoms with Crippen LogP contribution in [0.15, 0.2) is 6.07 Å². The standard InChI is InChI=1S/C13H18N2O3/c1-6(2)15-10-5-9(13(17)18)7(3)8(4)11(10)12(14)16/h5-6,15H,1-4H3,(H2,14,16)(H,17,18). The summed E-state index contributed by atoms with van der Waals surface area (Å²) in [4.78, 5) is 22.6. The summed E-state index contributed by atoms with van der Waals surface area (Å²) >= 11 is 0. The van der Waals surface area contributed by atoms with Gasteiger partial charge < -0.3 is 16.2 Å². The third-order valence-electron chi connectivity index (χ3n) is 2.82. The predicted octanol–water partition coefficient (Wildman–Crippen LogP) is 1.92. The minimum absolute atomic E-state index is 0.0758. The number of carboxylic acids is 1. The minimum Gasteiger partial charge on any atom is -0.478 e. The molecule has 5 heteroatoms. The third-order valence-corrected chi connectivity index (χ3v) is 2.82. The molecule has 0 aromatic heterocycles. The second-order valence-electron chi connectivity index (χ2n) is 4.57. The molecule has 18 heavy (non-hydrogen) atoms. The van der Waals surface area contributed by atoms with Gasteiger partial charge in [-0.05, 0) is 44.9 Å². The molecule has 0 atom stereocenters. The Balaban J connectivity index is 3.55. The highest BCUT2D eigenvalue weighted by Gasteiger charge is 2.19. The number of hydrogen-bond acceptors (Lipinski definition) is 3. The lowest BCUT2D eigenvalue weighted by atomic mass is 9.95. The third kappa shape index (κ3) is 2.61. The molecule has 0 heterocycles. The number of anilines is 1. The molecule has 5 nitrogen and oxygen atoms in total. The largest absolute Gasteiger partial charge is 0.478 e. The number of amides is 1. The average molecular weight is 250 g/mol. The van der Waals surface area contributed by atoms with Crippen LogP contribution in [-0.2, 0) is 0 Å². The zero-order valence-electron chi connectivity index (χ0n) is 11.0. The number of carbonyl (C=O) groups is 2. The van der Waals surface area contributed by atoms with E-state index in [4.69, 9.17) is 10.8 Å². The van der Waals surface area contributed by atoms with Crippen LogP contribution >= 0.6 is 0 Å². The van der Waals surface area contributed by atoms with Crippen molar-refractivity contribution in [3.63, 3.8) is 0 Å². The van der Waals surface area contributed by atoms with Gasteiger partial charge in [0.25, 0.3) is 5.91 Å². The summed E-state index contributed by atoms with van der Waals surface area (Å²) in [7, 11) is 0. The van der Waals surface area contributed by atoms with E-state index in [0.29, 0.717) is 22.4 Å². The maximum absolute atomic E-state index is 11.5. The van der Waals surface area contributed by atoms with Gasteiger partial charge in [-0.3, -0.25) is 4.79 Å². The highest BCUT2D eigenvalue weighted by molar-refractivity contribution is 6.03. The van der Waals surface area contributed by atoms with Gasteiger partial charge in [-0.25, -0.2) is 4.79 Å². The van der Waals surface area contributed by atoms with Crippen molar-refractivity contribution < 1.29 is 14.7 Å². The van der Waals surface area contributed by atoms with Crippen molar-refractivity contribution in [1.82, 2.24) is 0 Å². The normalized spacial score (nSPS) is 10.5. The molecule has 0 aliphatic heterocycles. The van der Waals surface area contributed by atoms with Crippen LogP contribution in [0.3, 0.4) is 0 Å². The van der Waals surface area contributed by atoms with Crippen molar-refractivity contribution in [1.29, 1.82) is 0 Å². The molecular formula is C13H18N2O3. The van der Waals surface area contributed by atoms with Gasteiger partial charge in [0.05, 0.1) is 11.1 Å². The van der Waals surface area contributed by atoms with E-state index in [0.717, 1.165) is 0 Å². The van der Waals surface area contributed by atoms with Crippen molar-refractivity contribution >= 4 is 17.6 Å². The van der Waals surface area contributed by atoms with Crippen molar-refractivity contribution in [3.05, 3.63) is 28.3 Å². The summed E-state index contributed by atoms with van der Waals surface area (Å²) in [6.07, 6.45) is 0. The number of carboxylic acid groups (broad SMARTS) is 1. The van der Waals surface area contributed by atoms with E-state index in [2.05, 4.69) is 5.32 Å². The summed E-state index contributed by atoms with van der Waals surface area (Å²) < 4.78 is 0. The lowest BCUT2D eigenvalue weighted by Crippen LogP contribution is -2.21. The summed E-state index contributed by atoms with van der Waals surface area (Å²) in [5, 5.41) is 12.2. The molecule has 1 aromatic rings. The van der Waals surface area contributed by atoms with E-state index in [1.807, 2.05) is 13.8 Å². The van der Waals surface area contributed by atoms with Crippen molar-refractivity contribution in [3.8, 4) is 0 Å². The van der Waals surface area contributed by atoms with E-state index in [-0.39, 0.29) is 11.6 Å². The average Bonchev–Trinajstić information content (AvgIpc) is 2.21. The number of benzene rings is 1. The first kappa shape index (κ1) is 14.0. The summed E-state index contributed by atoms with van der Waals surface area (Å²) in [6.45, 7) is 7.18. The first-order valence-electron chi connectivity index (χ1n) is 5.69. The molecule has 0 aliphatic carbocycles. The molecular weight excluding hydrogens is 232 g/mol. The van der Waals surface area contributed by atoms with Gasteiger partial charge in [0, 0.05) is 11.7 Å². The van der Waals surface area contributed by atoms with Crippen LogP contribution < -0.4 is 11.1 Å². The molecule has 0 unspecified atom stereocenters. The van der Waals surface area contributed by atoms with Gasteiger partial charge in [0.2, 0.25) is 0 Å². The van der Waals surface area contributed by atoms with Crippen LogP contribution in [0.1, 0.15) is 45.7 Å². The molecule has 0 spiro atoms. The number of aromatic carboxylic acids is 1. The molecule has 0 bridgehead atoms. The first-order chi connectivity index (χ1) is 8.25. The Morgan fingerprint density at radius 3 is 2.22 bits per heavy atom. The molecule has 1 rings (SSSR count). The molecule has 4 N–H and O–H groups in total. The van der Waals surface area contributed by atoms with Gasteiger partial charge >= 0.3 is 5.97 Å². The van der Waals surface area contributed by atoms with Crippen LogP contribution in [0.25, 0.3) is 0 Å². The molecule has 1 amide bonds. The van der Waals surface area contributed by atoms with E-state index < -0.39 is 11.9 Å². The predicted molar refractivity (Wildman–Crippen MR) is 70.2 cm³/mol. The molecule has 0 radical (unpaired) electrons. The Morgan fingerprint density at radius 2 is 1.83 bits per heavy atom. The number of nitrogens with one attached hydrogen (secondary N) is 1. The summed E-state index contributed by atoms with van der Waals surface area (Å²) in [5.41, 5.74) is 7.53. The lowest BCUT2D eigenvalue weighted by molar-refractivity contribution is 0.0695. The molecule has 0 fully saturated rings. The lowest BCUT2D eigenvalue weighted by Gasteiger charge is -2.18. The molecule has 98 valence electrons. The maximum Gasteiger partial charge on any atom is 0.336 e. The van der Waals surface area contributed by atoms with Crippen molar-refractivity contribution in [2.24, 2.45) is 5.73 Å². The highest BCUT2D eigenvalue weighted by Crippen LogP contribution is 2.26. The van der Waals surface area contributed by atoms with Crippen molar-refractivity contribution in [2.45, 2.75) is 33.7 Å². The number of primary amides is 1. The zero-order valence-corrected chi connectivity index (χ0v) is 11.0. The first-order valence-corrected chi connectivity index (χ1v) is 5.69. The second-order valence-corrected chi connectivity index (χ2v) is 4.57. The van der Waals surface area contributed by atoms with Gasteiger partial charge in [-0.15, -0.1) is 0 Å². The fraction of sp³-hybridized carbons (Fsp3) is 0.385. The van der Waals surface area contributed by atoms with Crippen molar-refractivity contribution in [2.75, 3.05) is 5.32 Å². The van der Waals surface area contributed by atoms with Gasteiger partial charge in [0.1, 0.15) is 0 Å². The molecule has 1 aromatic carbocycles. The van der Waals surface area contributed by atoms with Crippen LogP contribution in [0.5, 0.6) is 0 Å². The molecule has 0 saturated carbocycles. The van der Waals surface area contributed by atoms with Crippen LogP contribution in [0.4, 0.5) is 5.69 Å². The molecule has 0 saturated heterocycles. The summed E-state index contributed by atoms with van der Waals surface area (Å²) in [5.74, 6) is -1.57. The van der Waals surface area contributed by atoms with Crippen LogP contribution in [-0.4, -0.2) is 23.0 Å². The Hall–Kier alpha value is -2.04. The number of carbonyl (C=O) groups excluding carboxylic acids is 1. The fourth-order valence-electron chi connectivity index (χ4n) is 1.88. The smallest absolute Gasteiger partial charge is 0.336 e. The monoisotopic (exact) mass is 250 g/mol. The van der Waals surface area contributed by atoms with E-state index >= 15 is 0 Å². The Kier molecular flexibility index (Phi) is 3.96. The fourth-order valence-corrected chi connectivity index (χ4v) is 1.88. The highest BCUT2D eigenvalue weighted by atomic mass is 16.4. The van der Waals surface area contributed by atoms with Gasteiger partial charge in [-0.1, -0.05) is 0 Å². The SMILES string of the molecule is Cc1c(C(=O)O)cc(NC(C)C)c(C(N)=O)c1C. The Labute approximate surface area is 106 Å². The number of hydrogen-bond donors (Lipinski definition) is 3. The maximum atomic E-state index is 11.5. The Bertz CT molecular complexity index is 507. The van der Waals surface area contributed by atoms with Gasteiger partial charge in [-0.2, -0.15) is 0 Å². The quantitative estimate of drug-likeness (QED) is 0.761. The van der Waals surface area contributed by atoms with E-state index in [1.165, 1.54) is 6.07 Å². The van der Waals surface area contributed by atoms with Crippen LogP contribution in [0.2, 0.25) is 0 Å². The topological polar surface area (TPSA) is 92.4 Å². The minimum atomic E-state index is -1.02. The zero-order chi connectivity index (χ0) is 14.0. The van der Waals surface area contributed by atoms with Crippen LogP contribution in [0, 0.1) is 13.8 Å². The number of rotatable bonds is 4. The Morgan fingerprint density at radius 1 is 1.28 bits per heavy atom.